The Morgan fingerprint density at radius 1 is 1.30 bits per heavy atom. The average Bonchev–Trinajstić information content (AvgIpc) is 2.39. The number of fused-ring (bicyclic) bond motifs is 1. The van der Waals surface area contributed by atoms with E-state index in [1.807, 2.05) is 4.90 Å². The van der Waals surface area contributed by atoms with Crippen molar-refractivity contribution in [2.75, 3.05) is 18.0 Å². The first kappa shape index (κ1) is 15.0. The molecule has 0 spiro atoms. The van der Waals surface area contributed by atoms with E-state index in [4.69, 9.17) is 0 Å². The fraction of sp³-hybridized carbons (Fsp3) is 0.562. The lowest BCUT2D eigenvalue weighted by Gasteiger charge is -2.32. The number of hydrogen-bond donors (Lipinski definition) is 1. The van der Waals surface area contributed by atoms with Gasteiger partial charge in [0, 0.05) is 24.7 Å². The Balaban J connectivity index is 2.09. The monoisotopic (exact) mass is 278 g/mol. The molecule has 1 aromatic carbocycles. The molecular formula is C16H23FN2O. The molecule has 0 saturated carbocycles. The molecule has 1 heterocycles. The molecular weight excluding hydrogens is 255 g/mol. The van der Waals surface area contributed by atoms with Gasteiger partial charge in [0.25, 0.3) is 0 Å². The number of anilines is 1. The van der Waals surface area contributed by atoms with Crippen LogP contribution in [0.2, 0.25) is 0 Å². The summed E-state index contributed by atoms with van der Waals surface area (Å²) in [5.41, 5.74) is 1.81. The van der Waals surface area contributed by atoms with Crippen molar-refractivity contribution in [1.82, 2.24) is 5.32 Å². The summed E-state index contributed by atoms with van der Waals surface area (Å²) in [7, 11) is 0. The zero-order valence-electron chi connectivity index (χ0n) is 12.4. The Labute approximate surface area is 120 Å². The fourth-order valence-electron chi connectivity index (χ4n) is 2.54. The van der Waals surface area contributed by atoms with Crippen LogP contribution in [0.4, 0.5) is 10.1 Å². The van der Waals surface area contributed by atoms with Gasteiger partial charge < -0.3 is 10.2 Å². The molecule has 1 unspecified atom stereocenters. The van der Waals surface area contributed by atoms with Gasteiger partial charge in [-0.1, -0.05) is 20.8 Å². The minimum atomic E-state index is -0.229. The maximum Gasteiger partial charge on any atom is 0.227 e. The van der Waals surface area contributed by atoms with E-state index in [0.717, 1.165) is 17.8 Å². The molecule has 1 aromatic rings. The summed E-state index contributed by atoms with van der Waals surface area (Å²) in [6.45, 7) is 7.89. The molecule has 0 aliphatic carbocycles. The molecule has 0 radical (unpaired) electrons. The van der Waals surface area contributed by atoms with Crippen LogP contribution in [-0.2, 0) is 11.2 Å². The van der Waals surface area contributed by atoms with Crippen molar-refractivity contribution < 1.29 is 9.18 Å². The second-order valence-electron chi connectivity index (χ2n) is 5.95. The minimum absolute atomic E-state index is 0.139. The molecule has 1 aliphatic rings. The van der Waals surface area contributed by atoms with Gasteiger partial charge in [0.1, 0.15) is 5.82 Å². The van der Waals surface area contributed by atoms with Gasteiger partial charge in [-0.15, -0.1) is 0 Å². The van der Waals surface area contributed by atoms with Crippen LogP contribution >= 0.6 is 0 Å². The third kappa shape index (κ3) is 3.57. The molecule has 1 amide bonds. The molecule has 20 heavy (non-hydrogen) atoms. The lowest BCUT2D eigenvalue weighted by molar-refractivity contribution is -0.119. The summed E-state index contributed by atoms with van der Waals surface area (Å²) in [4.78, 5) is 13.9. The smallest absolute Gasteiger partial charge is 0.227 e. The van der Waals surface area contributed by atoms with Crippen molar-refractivity contribution in [3.63, 3.8) is 0 Å². The van der Waals surface area contributed by atoms with E-state index in [1.54, 1.807) is 12.1 Å². The molecule has 0 saturated heterocycles. The predicted octanol–water partition coefficient (Wildman–Crippen LogP) is 2.74. The molecule has 2 rings (SSSR count). The highest BCUT2D eigenvalue weighted by molar-refractivity contribution is 5.96. The third-order valence-corrected chi connectivity index (χ3v) is 3.61. The van der Waals surface area contributed by atoms with Crippen molar-refractivity contribution in [3.8, 4) is 0 Å². The van der Waals surface area contributed by atoms with Crippen molar-refractivity contribution >= 4 is 11.6 Å². The van der Waals surface area contributed by atoms with Gasteiger partial charge in [0.2, 0.25) is 5.91 Å². The van der Waals surface area contributed by atoms with Crippen LogP contribution in [-0.4, -0.2) is 25.0 Å². The maximum atomic E-state index is 13.3. The second-order valence-corrected chi connectivity index (χ2v) is 5.95. The number of rotatable bonds is 5. The van der Waals surface area contributed by atoms with Gasteiger partial charge in [-0.3, -0.25) is 4.79 Å². The van der Waals surface area contributed by atoms with Crippen LogP contribution < -0.4 is 10.2 Å². The van der Waals surface area contributed by atoms with Crippen LogP contribution in [0, 0.1) is 11.7 Å². The Hall–Kier alpha value is -1.42. The Kier molecular flexibility index (Phi) is 4.76. The second kappa shape index (κ2) is 6.35. The van der Waals surface area contributed by atoms with Gasteiger partial charge >= 0.3 is 0 Å². The third-order valence-electron chi connectivity index (χ3n) is 3.61. The van der Waals surface area contributed by atoms with E-state index in [1.165, 1.54) is 6.07 Å². The minimum Gasteiger partial charge on any atom is -0.314 e. The molecule has 0 bridgehead atoms. The maximum absolute atomic E-state index is 13.3. The van der Waals surface area contributed by atoms with Gasteiger partial charge in [-0.05, 0) is 42.6 Å². The van der Waals surface area contributed by atoms with Crippen molar-refractivity contribution in [1.29, 1.82) is 0 Å². The standard InChI is InChI=1S/C16H23FN2O/c1-11(2)18-9-12(3)10-19-15-6-5-14(17)8-13(15)4-7-16(19)20/h5-6,8,11-12,18H,4,7,9-10H2,1-3H3. The van der Waals surface area contributed by atoms with Crippen LogP contribution in [0.25, 0.3) is 0 Å². The number of nitrogens with zero attached hydrogens (tertiary/aromatic N) is 1. The quantitative estimate of drug-likeness (QED) is 0.898. The molecule has 0 aromatic heterocycles. The number of amides is 1. The number of aryl methyl sites for hydroxylation is 1. The number of carbonyl (C=O) groups excluding carboxylic acids is 1. The molecule has 1 N–H and O–H groups in total. The number of carbonyl (C=O) groups is 1. The summed E-state index contributed by atoms with van der Waals surface area (Å²) >= 11 is 0. The number of benzene rings is 1. The molecule has 1 atom stereocenters. The average molecular weight is 278 g/mol. The summed E-state index contributed by atoms with van der Waals surface area (Å²) in [5.74, 6) is 0.269. The summed E-state index contributed by atoms with van der Waals surface area (Å²) in [6, 6.07) is 5.15. The van der Waals surface area contributed by atoms with E-state index in [-0.39, 0.29) is 11.7 Å². The highest BCUT2D eigenvalue weighted by atomic mass is 19.1. The SMILES string of the molecule is CC(CNC(C)C)CN1C(=O)CCc2cc(F)ccc21. The van der Waals surface area contributed by atoms with Crippen LogP contribution in [0.1, 0.15) is 32.8 Å². The van der Waals surface area contributed by atoms with E-state index < -0.39 is 0 Å². The first-order valence-electron chi connectivity index (χ1n) is 7.29. The van der Waals surface area contributed by atoms with Gasteiger partial charge in [0.15, 0.2) is 0 Å². The molecule has 110 valence electrons. The van der Waals surface area contributed by atoms with Gasteiger partial charge in [0.05, 0.1) is 0 Å². The van der Waals surface area contributed by atoms with Gasteiger partial charge in [-0.25, -0.2) is 4.39 Å². The molecule has 0 fully saturated rings. The summed E-state index contributed by atoms with van der Waals surface area (Å²) < 4.78 is 13.3. The predicted molar refractivity (Wildman–Crippen MR) is 79.4 cm³/mol. The lowest BCUT2D eigenvalue weighted by Crippen LogP contribution is -2.41. The Morgan fingerprint density at radius 3 is 2.75 bits per heavy atom. The van der Waals surface area contributed by atoms with E-state index in [0.29, 0.717) is 31.3 Å². The van der Waals surface area contributed by atoms with Crippen molar-refractivity contribution in [2.45, 2.75) is 39.7 Å². The topological polar surface area (TPSA) is 32.3 Å². The number of hydrogen-bond acceptors (Lipinski definition) is 2. The van der Waals surface area contributed by atoms with Crippen molar-refractivity contribution in [3.05, 3.63) is 29.6 Å². The zero-order valence-corrected chi connectivity index (χ0v) is 12.4. The number of halogens is 1. The molecule has 3 nitrogen and oxygen atoms in total. The normalized spacial score (nSPS) is 16.4. The van der Waals surface area contributed by atoms with Crippen LogP contribution in [0.3, 0.4) is 0 Å². The first-order chi connectivity index (χ1) is 9.47. The number of nitrogens with one attached hydrogen (secondary N) is 1. The largest absolute Gasteiger partial charge is 0.314 e. The Bertz CT molecular complexity index is 487. The Morgan fingerprint density at radius 2 is 2.05 bits per heavy atom. The summed E-state index contributed by atoms with van der Waals surface area (Å²) in [6.07, 6.45) is 1.11. The fourth-order valence-corrected chi connectivity index (χ4v) is 2.54. The van der Waals surface area contributed by atoms with E-state index in [2.05, 4.69) is 26.1 Å². The van der Waals surface area contributed by atoms with E-state index in [9.17, 15) is 9.18 Å². The van der Waals surface area contributed by atoms with Gasteiger partial charge in [-0.2, -0.15) is 0 Å². The molecule has 4 heteroatoms. The lowest BCUT2D eigenvalue weighted by atomic mass is 9.99. The van der Waals surface area contributed by atoms with Crippen LogP contribution in [0.5, 0.6) is 0 Å². The van der Waals surface area contributed by atoms with Crippen LogP contribution in [0.15, 0.2) is 18.2 Å². The highest BCUT2D eigenvalue weighted by Gasteiger charge is 2.25. The first-order valence-corrected chi connectivity index (χ1v) is 7.29. The highest BCUT2D eigenvalue weighted by Crippen LogP contribution is 2.29. The van der Waals surface area contributed by atoms with Crippen molar-refractivity contribution in [2.24, 2.45) is 5.92 Å². The van der Waals surface area contributed by atoms with E-state index >= 15 is 0 Å². The summed E-state index contributed by atoms with van der Waals surface area (Å²) in [5, 5.41) is 3.38. The molecule has 1 aliphatic heterocycles. The zero-order chi connectivity index (χ0) is 14.7.